The van der Waals surface area contributed by atoms with Crippen molar-refractivity contribution in [3.8, 4) is 0 Å². The summed E-state index contributed by atoms with van der Waals surface area (Å²) in [5, 5.41) is 5.46. The van der Waals surface area contributed by atoms with Crippen molar-refractivity contribution >= 4 is 11.8 Å². The molecule has 0 saturated carbocycles. The van der Waals surface area contributed by atoms with E-state index in [-0.39, 0.29) is 17.7 Å². The molecule has 1 fully saturated rings. The average Bonchev–Trinajstić information content (AvgIpc) is 2.15. The van der Waals surface area contributed by atoms with Gasteiger partial charge in [0.15, 0.2) is 0 Å². The van der Waals surface area contributed by atoms with Crippen LogP contribution >= 0.6 is 0 Å². The summed E-state index contributed by atoms with van der Waals surface area (Å²) < 4.78 is 0. The lowest BCUT2D eigenvalue weighted by molar-refractivity contribution is -0.128. The normalized spacial score (nSPS) is 21.2. The van der Waals surface area contributed by atoms with Gasteiger partial charge in [0.1, 0.15) is 0 Å². The standard InChI is InChI=1S/C10H16N2O2/c1-7(2)5-12-10(14)8-3-4-9(13)11-6-8/h8H,1,3-6H2,2H3,(H,11,13)(H,12,14). The van der Waals surface area contributed by atoms with Crippen LogP contribution in [0.5, 0.6) is 0 Å². The van der Waals surface area contributed by atoms with Gasteiger partial charge in [-0.25, -0.2) is 0 Å². The zero-order valence-corrected chi connectivity index (χ0v) is 8.43. The second-order valence-corrected chi connectivity index (χ2v) is 3.71. The molecule has 0 spiro atoms. The molecule has 1 unspecified atom stereocenters. The highest BCUT2D eigenvalue weighted by Crippen LogP contribution is 2.10. The Balaban J connectivity index is 2.30. The molecule has 1 aliphatic heterocycles. The van der Waals surface area contributed by atoms with Gasteiger partial charge in [0, 0.05) is 19.5 Å². The highest BCUT2D eigenvalue weighted by atomic mass is 16.2. The fraction of sp³-hybridized carbons (Fsp3) is 0.600. The molecule has 0 aliphatic carbocycles. The molecule has 0 aromatic carbocycles. The van der Waals surface area contributed by atoms with Gasteiger partial charge < -0.3 is 10.6 Å². The third-order valence-electron chi connectivity index (χ3n) is 2.20. The zero-order valence-electron chi connectivity index (χ0n) is 8.43. The first kappa shape index (κ1) is 10.8. The van der Waals surface area contributed by atoms with Gasteiger partial charge >= 0.3 is 0 Å². The Hall–Kier alpha value is -1.32. The van der Waals surface area contributed by atoms with E-state index in [0.717, 1.165) is 5.57 Å². The summed E-state index contributed by atoms with van der Waals surface area (Å²) in [6, 6.07) is 0. The van der Waals surface area contributed by atoms with Gasteiger partial charge in [-0.15, -0.1) is 0 Å². The number of hydrogen-bond acceptors (Lipinski definition) is 2. The Bertz CT molecular complexity index is 251. The van der Waals surface area contributed by atoms with E-state index in [4.69, 9.17) is 0 Å². The van der Waals surface area contributed by atoms with Crippen molar-refractivity contribution in [1.29, 1.82) is 0 Å². The number of carbonyl (C=O) groups is 2. The lowest BCUT2D eigenvalue weighted by Crippen LogP contribution is -2.43. The Morgan fingerprint density at radius 3 is 2.93 bits per heavy atom. The molecule has 78 valence electrons. The van der Waals surface area contributed by atoms with Gasteiger partial charge in [-0.05, 0) is 13.3 Å². The van der Waals surface area contributed by atoms with Crippen LogP contribution in [0.1, 0.15) is 19.8 Å². The molecule has 0 aromatic heterocycles. The van der Waals surface area contributed by atoms with E-state index in [9.17, 15) is 9.59 Å². The molecule has 4 heteroatoms. The molecule has 0 radical (unpaired) electrons. The van der Waals surface area contributed by atoms with Crippen molar-refractivity contribution < 1.29 is 9.59 Å². The second kappa shape index (κ2) is 4.79. The maximum atomic E-state index is 11.5. The predicted molar refractivity (Wildman–Crippen MR) is 53.6 cm³/mol. The largest absolute Gasteiger partial charge is 0.355 e. The summed E-state index contributed by atoms with van der Waals surface area (Å²) in [4.78, 5) is 22.3. The van der Waals surface area contributed by atoms with E-state index in [2.05, 4.69) is 17.2 Å². The molecule has 2 N–H and O–H groups in total. The first-order valence-electron chi connectivity index (χ1n) is 4.78. The lowest BCUT2D eigenvalue weighted by atomic mass is 9.98. The fourth-order valence-corrected chi connectivity index (χ4v) is 1.34. The minimum absolute atomic E-state index is 0.00741. The van der Waals surface area contributed by atoms with Crippen molar-refractivity contribution in [3.63, 3.8) is 0 Å². The van der Waals surface area contributed by atoms with Crippen molar-refractivity contribution in [2.75, 3.05) is 13.1 Å². The third-order valence-corrected chi connectivity index (χ3v) is 2.20. The van der Waals surface area contributed by atoms with Crippen LogP contribution in [0, 0.1) is 5.92 Å². The summed E-state index contributed by atoms with van der Waals surface area (Å²) in [5.41, 5.74) is 0.929. The van der Waals surface area contributed by atoms with Gasteiger partial charge in [0.25, 0.3) is 0 Å². The summed E-state index contributed by atoms with van der Waals surface area (Å²) in [7, 11) is 0. The molecular formula is C10H16N2O2. The number of carbonyl (C=O) groups excluding carboxylic acids is 2. The van der Waals surface area contributed by atoms with Crippen LogP contribution in [-0.2, 0) is 9.59 Å². The monoisotopic (exact) mass is 196 g/mol. The quantitative estimate of drug-likeness (QED) is 0.634. The molecule has 2 amide bonds. The Kier molecular flexibility index (Phi) is 3.68. The molecule has 1 aliphatic rings. The Morgan fingerprint density at radius 1 is 1.71 bits per heavy atom. The summed E-state index contributed by atoms with van der Waals surface area (Å²) >= 11 is 0. The molecule has 1 rings (SSSR count). The lowest BCUT2D eigenvalue weighted by Gasteiger charge is -2.21. The number of piperidine rings is 1. The summed E-state index contributed by atoms with van der Waals surface area (Å²) in [5.74, 6) is -0.0333. The number of hydrogen-bond donors (Lipinski definition) is 2. The Morgan fingerprint density at radius 2 is 2.43 bits per heavy atom. The van der Waals surface area contributed by atoms with Crippen LogP contribution < -0.4 is 10.6 Å². The van der Waals surface area contributed by atoms with Crippen LogP contribution in [0.25, 0.3) is 0 Å². The maximum absolute atomic E-state index is 11.5. The molecular weight excluding hydrogens is 180 g/mol. The minimum atomic E-state index is -0.0768. The molecule has 0 aromatic rings. The Labute approximate surface area is 83.8 Å². The molecule has 14 heavy (non-hydrogen) atoms. The number of amides is 2. The highest BCUT2D eigenvalue weighted by molar-refractivity contribution is 5.83. The van der Waals surface area contributed by atoms with Crippen molar-refractivity contribution in [3.05, 3.63) is 12.2 Å². The zero-order chi connectivity index (χ0) is 10.6. The highest BCUT2D eigenvalue weighted by Gasteiger charge is 2.23. The number of nitrogens with one attached hydrogen (secondary N) is 2. The van der Waals surface area contributed by atoms with Gasteiger partial charge in [-0.1, -0.05) is 12.2 Å². The number of rotatable bonds is 3. The van der Waals surface area contributed by atoms with Gasteiger partial charge in [0.05, 0.1) is 5.92 Å². The van der Waals surface area contributed by atoms with Crippen LogP contribution in [0.2, 0.25) is 0 Å². The van der Waals surface area contributed by atoms with E-state index in [0.29, 0.717) is 25.9 Å². The molecule has 1 atom stereocenters. The van der Waals surface area contributed by atoms with Gasteiger partial charge in [0.2, 0.25) is 11.8 Å². The van der Waals surface area contributed by atoms with E-state index < -0.39 is 0 Å². The minimum Gasteiger partial charge on any atom is -0.355 e. The molecule has 0 bridgehead atoms. The van der Waals surface area contributed by atoms with E-state index >= 15 is 0 Å². The van der Waals surface area contributed by atoms with E-state index in [1.165, 1.54) is 0 Å². The average molecular weight is 196 g/mol. The van der Waals surface area contributed by atoms with Crippen molar-refractivity contribution in [1.82, 2.24) is 10.6 Å². The van der Waals surface area contributed by atoms with Crippen molar-refractivity contribution in [2.24, 2.45) is 5.92 Å². The van der Waals surface area contributed by atoms with E-state index in [1.807, 2.05) is 6.92 Å². The molecule has 4 nitrogen and oxygen atoms in total. The SMILES string of the molecule is C=C(C)CNC(=O)C1CCC(=O)NC1. The van der Waals surface area contributed by atoms with Gasteiger partial charge in [-0.2, -0.15) is 0 Å². The van der Waals surface area contributed by atoms with Crippen LogP contribution in [0.3, 0.4) is 0 Å². The first-order valence-corrected chi connectivity index (χ1v) is 4.78. The molecule has 1 saturated heterocycles. The predicted octanol–water partition coefficient (Wildman–Crippen LogP) is 0.205. The second-order valence-electron chi connectivity index (χ2n) is 3.71. The van der Waals surface area contributed by atoms with Gasteiger partial charge in [-0.3, -0.25) is 9.59 Å². The summed E-state index contributed by atoms with van der Waals surface area (Å²) in [6.07, 6.45) is 1.10. The van der Waals surface area contributed by atoms with Crippen molar-refractivity contribution in [2.45, 2.75) is 19.8 Å². The first-order chi connectivity index (χ1) is 6.59. The molecule has 1 heterocycles. The van der Waals surface area contributed by atoms with E-state index in [1.54, 1.807) is 0 Å². The topological polar surface area (TPSA) is 58.2 Å². The third kappa shape index (κ3) is 3.20. The van der Waals surface area contributed by atoms with Crippen LogP contribution in [-0.4, -0.2) is 24.9 Å². The maximum Gasteiger partial charge on any atom is 0.225 e. The fourth-order valence-electron chi connectivity index (χ4n) is 1.34. The smallest absolute Gasteiger partial charge is 0.225 e. The van der Waals surface area contributed by atoms with Crippen LogP contribution in [0.4, 0.5) is 0 Å². The van der Waals surface area contributed by atoms with Crippen LogP contribution in [0.15, 0.2) is 12.2 Å². The summed E-state index contributed by atoms with van der Waals surface area (Å²) in [6.45, 7) is 6.54.